The van der Waals surface area contributed by atoms with Crippen molar-refractivity contribution < 1.29 is 0 Å². The van der Waals surface area contributed by atoms with Crippen molar-refractivity contribution in [2.75, 3.05) is 0 Å². The lowest BCUT2D eigenvalue weighted by Crippen LogP contribution is -1.63. The minimum Gasteiger partial charge on any atom is -0.122 e. The van der Waals surface area contributed by atoms with Crippen LogP contribution >= 0.6 is 0 Å². The Kier molecular flexibility index (Phi) is 4.12. The molecule has 0 saturated carbocycles. The van der Waals surface area contributed by atoms with E-state index < -0.39 is 0 Å². The van der Waals surface area contributed by atoms with E-state index in [1.165, 1.54) is 0 Å². The van der Waals surface area contributed by atoms with E-state index in [0.29, 0.717) is 0 Å². The van der Waals surface area contributed by atoms with Gasteiger partial charge in [-0.3, -0.25) is 0 Å². The number of terminal acetylenes is 1. The van der Waals surface area contributed by atoms with Gasteiger partial charge in [0.25, 0.3) is 0 Å². The third-order valence-electron chi connectivity index (χ3n) is 0.900. The smallest absolute Gasteiger partial charge is 0.00861 e. The van der Waals surface area contributed by atoms with Crippen molar-refractivity contribution in [2.45, 2.75) is 20.8 Å². The lowest BCUT2D eigenvalue weighted by Gasteiger charge is -1.82. The molecule has 0 N–H and O–H groups in total. The van der Waals surface area contributed by atoms with Gasteiger partial charge in [-0.25, -0.2) is 0 Å². The maximum Gasteiger partial charge on any atom is -0.00861 e. The monoisotopic (exact) mass is 132 g/mol. The minimum absolute atomic E-state index is 1.06. The highest BCUT2D eigenvalue weighted by atomic mass is 13.8. The van der Waals surface area contributed by atoms with Crippen molar-refractivity contribution in [1.82, 2.24) is 0 Å². The maximum absolute atomic E-state index is 5.05. The first kappa shape index (κ1) is 8.82. The fraction of sp³-hybridized carbons (Fsp3) is 0.300. The summed E-state index contributed by atoms with van der Waals surface area (Å²) in [6.45, 7) is 5.95. The molecule has 0 aliphatic rings. The summed E-state index contributed by atoms with van der Waals surface area (Å²) in [5.41, 5.74) is 5.27. The van der Waals surface area contributed by atoms with E-state index in [1.807, 2.05) is 26.8 Å². The SMILES string of the molecule is C#C/C=C(/C)C=C=C(C)C. The molecule has 0 nitrogen and oxygen atoms in total. The van der Waals surface area contributed by atoms with Gasteiger partial charge in [0.15, 0.2) is 0 Å². The predicted molar refractivity (Wildman–Crippen MR) is 45.5 cm³/mol. The summed E-state index contributed by atoms with van der Waals surface area (Å²) in [5.74, 6) is 2.45. The molecule has 10 heavy (non-hydrogen) atoms. The summed E-state index contributed by atoms with van der Waals surface area (Å²) < 4.78 is 0. The molecule has 0 aliphatic carbocycles. The van der Waals surface area contributed by atoms with Gasteiger partial charge in [0.05, 0.1) is 0 Å². The molecule has 0 rings (SSSR count). The van der Waals surface area contributed by atoms with Crippen molar-refractivity contribution in [1.29, 1.82) is 0 Å². The molecule has 0 spiro atoms. The van der Waals surface area contributed by atoms with Gasteiger partial charge < -0.3 is 0 Å². The normalized spacial score (nSPS) is 9.60. The summed E-state index contributed by atoms with van der Waals surface area (Å²) >= 11 is 0. The van der Waals surface area contributed by atoms with Crippen LogP contribution in [0.5, 0.6) is 0 Å². The van der Waals surface area contributed by atoms with Gasteiger partial charge in [-0.2, -0.15) is 0 Å². The van der Waals surface area contributed by atoms with E-state index in [4.69, 9.17) is 6.42 Å². The summed E-state index contributed by atoms with van der Waals surface area (Å²) in [5, 5.41) is 0. The predicted octanol–water partition coefficient (Wildman–Crippen LogP) is 2.69. The van der Waals surface area contributed by atoms with Crippen molar-refractivity contribution in [3.63, 3.8) is 0 Å². The van der Waals surface area contributed by atoms with Crippen LogP contribution in [0.1, 0.15) is 20.8 Å². The Morgan fingerprint density at radius 2 is 1.90 bits per heavy atom. The molecule has 0 aromatic rings. The molecule has 0 unspecified atom stereocenters. The molecule has 0 fully saturated rings. The van der Waals surface area contributed by atoms with E-state index in [1.54, 1.807) is 6.08 Å². The first-order valence-electron chi connectivity index (χ1n) is 3.19. The molecule has 0 amide bonds. The highest BCUT2D eigenvalue weighted by Gasteiger charge is 1.74. The van der Waals surface area contributed by atoms with Crippen LogP contribution in [0.2, 0.25) is 0 Å². The molecule has 0 atom stereocenters. The number of allylic oxidation sites excluding steroid dienone is 3. The third kappa shape index (κ3) is 4.97. The van der Waals surface area contributed by atoms with Gasteiger partial charge >= 0.3 is 0 Å². The molecule has 0 aromatic carbocycles. The molecule has 0 heterocycles. The van der Waals surface area contributed by atoms with Crippen LogP contribution in [-0.2, 0) is 0 Å². The van der Waals surface area contributed by atoms with Crippen LogP contribution in [0.25, 0.3) is 0 Å². The third-order valence-corrected chi connectivity index (χ3v) is 0.900. The average Bonchev–Trinajstić information content (AvgIpc) is 1.85. The zero-order valence-electron chi connectivity index (χ0n) is 6.73. The second-order valence-corrected chi connectivity index (χ2v) is 2.34. The first-order chi connectivity index (χ1) is 4.66. The largest absolute Gasteiger partial charge is 0.122 e. The summed E-state index contributed by atoms with van der Waals surface area (Å²) in [6.07, 6.45) is 8.66. The maximum atomic E-state index is 5.05. The van der Waals surface area contributed by atoms with Crippen molar-refractivity contribution in [3.8, 4) is 12.3 Å². The average molecular weight is 132 g/mol. The van der Waals surface area contributed by atoms with Crippen LogP contribution in [0.3, 0.4) is 0 Å². The Hall–Kier alpha value is -1.18. The molecule has 0 heteroatoms. The Bertz CT molecular complexity index is 223. The highest BCUT2D eigenvalue weighted by Crippen LogP contribution is 1.93. The van der Waals surface area contributed by atoms with Crippen LogP contribution in [0.4, 0.5) is 0 Å². The topological polar surface area (TPSA) is 0 Å². The van der Waals surface area contributed by atoms with Gasteiger partial charge in [0.2, 0.25) is 0 Å². The number of rotatable bonds is 1. The number of hydrogen-bond acceptors (Lipinski definition) is 0. The zero-order valence-corrected chi connectivity index (χ0v) is 6.73. The summed E-state index contributed by atoms with van der Waals surface area (Å²) in [4.78, 5) is 0. The second-order valence-electron chi connectivity index (χ2n) is 2.34. The molecule has 52 valence electrons. The van der Waals surface area contributed by atoms with Crippen molar-refractivity contribution >= 4 is 0 Å². The first-order valence-corrected chi connectivity index (χ1v) is 3.19. The second kappa shape index (κ2) is 4.68. The van der Waals surface area contributed by atoms with E-state index >= 15 is 0 Å². The Balaban J connectivity index is 4.34. The van der Waals surface area contributed by atoms with Crippen molar-refractivity contribution in [3.05, 3.63) is 29.0 Å². The van der Waals surface area contributed by atoms with Gasteiger partial charge in [-0.1, -0.05) is 5.92 Å². The molecule has 0 saturated heterocycles. The van der Waals surface area contributed by atoms with Crippen LogP contribution in [0.15, 0.2) is 29.0 Å². The lowest BCUT2D eigenvalue weighted by molar-refractivity contribution is 1.40. The molecular formula is C10H12. The molecule has 0 bridgehead atoms. The fourth-order valence-electron chi connectivity index (χ4n) is 0.431. The highest BCUT2D eigenvalue weighted by molar-refractivity contribution is 5.25. The van der Waals surface area contributed by atoms with Gasteiger partial charge in [0.1, 0.15) is 0 Å². The van der Waals surface area contributed by atoms with E-state index in [9.17, 15) is 0 Å². The minimum atomic E-state index is 1.06. The quantitative estimate of drug-likeness (QED) is 0.292. The van der Waals surface area contributed by atoms with Gasteiger partial charge in [-0.05, 0) is 44.1 Å². The van der Waals surface area contributed by atoms with Gasteiger partial charge in [-0.15, -0.1) is 12.2 Å². The van der Waals surface area contributed by atoms with Crippen LogP contribution in [0, 0.1) is 12.3 Å². The number of hydrogen-bond donors (Lipinski definition) is 0. The standard InChI is InChI=1S/C10H12/c1-5-6-10(4)8-7-9(2)3/h1,6,8H,2-4H3/b10-6-. The molecular weight excluding hydrogens is 120 g/mol. The van der Waals surface area contributed by atoms with E-state index in [0.717, 1.165) is 11.1 Å². The van der Waals surface area contributed by atoms with Crippen LogP contribution in [-0.4, -0.2) is 0 Å². The summed E-state index contributed by atoms with van der Waals surface area (Å²) in [6, 6.07) is 0. The Labute approximate surface area is 63.0 Å². The van der Waals surface area contributed by atoms with Gasteiger partial charge in [0, 0.05) is 0 Å². The molecule has 0 radical (unpaired) electrons. The zero-order chi connectivity index (χ0) is 7.98. The van der Waals surface area contributed by atoms with E-state index in [-0.39, 0.29) is 0 Å². The van der Waals surface area contributed by atoms with E-state index in [2.05, 4.69) is 11.7 Å². The molecule has 0 aromatic heterocycles. The Morgan fingerprint density at radius 1 is 1.30 bits per heavy atom. The lowest BCUT2D eigenvalue weighted by atomic mass is 10.2. The van der Waals surface area contributed by atoms with Crippen molar-refractivity contribution in [2.24, 2.45) is 0 Å². The summed E-state index contributed by atoms with van der Waals surface area (Å²) in [7, 11) is 0. The fourth-order valence-corrected chi connectivity index (χ4v) is 0.431. The molecule has 0 aliphatic heterocycles. The Morgan fingerprint density at radius 3 is 2.30 bits per heavy atom. The van der Waals surface area contributed by atoms with Crippen LogP contribution < -0.4 is 0 Å².